The molecule has 0 atom stereocenters. The highest BCUT2D eigenvalue weighted by Crippen LogP contribution is 2.37. The summed E-state index contributed by atoms with van der Waals surface area (Å²) in [4.78, 5) is 73.9. The summed E-state index contributed by atoms with van der Waals surface area (Å²) in [6.45, 7) is -0.867. The molecule has 0 amide bonds. The number of H-pyrrole nitrogens is 3. The van der Waals surface area contributed by atoms with Gasteiger partial charge in [0.15, 0.2) is 0 Å². The van der Waals surface area contributed by atoms with Gasteiger partial charge in [-0.2, -0.15) is 0 Å². The minimum atomic E-state index is -1.41. The molecule has 0 fully saturated rings. The number of nitrogen functional groups attached to an aromatic ring is 1. The van der Waals surface area contributed by atoms with Gasteiger partial charge in [-0.05, 0) is 75.9 Å². The zero-order valence-electron chi connectivity index (χ0n) is 17.2. The number of nitrogens with one attached hydrogen (secondary N) is 3. The van der Waals surface area contributed by atoms with Gasteiger partial charge in [-0.3, -0.25) is 38.7 Å². The smallest absolute Gasteiger partial charge is 0.323 e. The van der Waals surface area contributed by atoms with Crippen LogP contribution in [0.3, 0.4) is 0 Å². The number of hydrogen-bond donors (Lipinski definition) is 5. The lowest BCUT2D eigenvalue weighted by Gasteiger charge is -2.09. The topological polar surface area (TPSA) is 227 Å². The summed E-state index contributed by atoms with van der Waals surface area (Å²) in [6, 6.07) is 3.00. The van der Waals surface area contributed by atoms with E-state index in [1.165, 1.54) is 6.07 Å². The molecule has 2 aromatic carbocycles. The zero-order valence-corrected chi connectivity index (χ0v) is 23.5. The largest absolute Gasteiger partial charge is 0.480 e. The van der Waals surface area contributed by atoms with Gasteiger partial charge in [0.2, 0.25) is 0 Å². The molecular weight excluding hydrogens is 748 g/mol. The molecule has 0 aliphatic rings. The Morgan fingerprint density at radius 3 is 2.06 bits per heavy atom. The van der Waals surface area contributed by atoms with Crippen molar-refractivity contribution >= 4 is 103 Å². The summed E-state index contributed by atoms with van der Waals surface area (Å²) < 4.78 is 2.21. The van der Waals surface area contributed by atoms with Crippen LogP contribution in [0.1, 0.15) is 0 Å². The summed E-state index contributed by atoms with van der Waals surface area (Å²) in [5.41, 5.74) is 2.55. The molecule has 14 nitrogen and oxygen atoms in total. The molecule has 188 valence electrons. The number of rotatable bonds is 3. The van der Waals surface area contributed by atoms with Gasteiger partial charge in [0.25, 0.3) is 0 Å². The van der Waals surface area contributed by atoms with Crippen molar-refractivity contribution in [3.05, 3.63) is 81.6 Å². The maximum absolute atomic E-state index is 11.8. The van der Waals surface area contributed by atoms with Crippen LogP contribution in [0.2, 0.25) is 0 Å². The second-order valence-corrected chi connectivity index (χ2v) is 10.1. The van der Waals surface area contributed by atoms with E-state index in [4.69, 9.17) is 10.8 Å². The number of benzene rings is 2. The van der Waals surface area contributed by atoms with Crippen LogP contribution in [0, 0.1) is 10.1 Å². The fourth-order valence-corrected chi connectivity index (χ4v) is 4.67. The fourth-order valence-electron chi connectivity index (χ4n) is 3.05. The van der Waals surface area contributed by atoms with Crippen molar-refractivity contribution < 1.29 is 14.8 Å². The molecule has 36 heavy (non-hydrogen) atoms. The van der Waals surface area contributed by atoms with Gasteiger partial charge in [-0.25, -0.2) is 0 Å². The lowest BCUT2D eigenvalue weighted by Crippen LogP contribution is -2.38. The minimum absolute atomic E-state index is 0.0253. The van der Waals surface area contributed by atoms with Crippen molar-refractivity contribution in [2.45, 2.75) is 6.54 Å². The molecule has 0 saturated carbocycles. The summed E-state index contributed by atoms with van der Waals surface area (Å²) in [5, 5.41) is 20.1. The molecule has 0 unspecified atom stereocenters. The van der Waals surface area contributed by atoms with E-state index in [2.05, 4.69) is 78.7 Å². The van der Waals surface area contributed by atoms with Gasteiger partial charge < -0.3 is 25.8 Å². The lowest BCUT2D eigenvalue weighted by atomic mass is 10.2. The maximum Gasteiger partial charge on any atom is 0.323 e. The van der Waals surface area contributed by atoms with E-state index in [0.717, 1.165) is 0 Å². The van der Waals surface area contributed by atoms with Crippen molar-refractivity contribution in [1.29, 1.82) is 0 Å². The molecule has 2 aromatic heterocycles. The lowest BCUT2D eigenvalue weighted by molar-refractivity contribution is -0.384. The molecule has 0 spiro atoms. The monoisotopic (exact) mass is 754 g/mol. The average molecular weight is 758 g/mol. The van der Waals surface area contributed by atoms with E-state index >= 15 is 0 Å². The first-order valence-corrected chi connectivity index (χ1v) is 12.3. The number of carboxylic acids is 1. The Labute approximate surface area is 230 Å². The molecular formula is C18H10Br4N6O8. The van der Waals surface area contributed by atoms with Crippen LogP contribution in [-0.2, 0) is 11.3 Å². The van der Waals surface area contributed by atoms with Crippen LogP contribution in [0.4, 0.5) is 11.4 Å². The molecule has 0 aliphatic heterocycles. The highest BCUT2D eigenvalue weighted by molar-refractivity contribution is 9.13. The quantitative estimate of drug-likeness (QED) is 0.0894. The molecule has 0 radical (unpaired) electrons. The summed E-state index contributed by atoms with van der Waals surface area (Å²) in [7, 11) is 0. The van der Waals surface area contributed by atoms with Crippen LogP contribution < -0.4 is 28.0 Å². The first-order chi connectivity index (χ1) is 16.7. The van der Waals surface area contributed by atoms with E-state index in [0.29, 0.717) is 30.2 Å². The van der Waals surface area contributed by atoms with Crippen molar-refractivity contribution in [1.82, 2.24) is 19.5 Å². The Kier molecular flexibility index (Phi) is 8.01. The Hall–Kier alpha value is -3.09. The zero-order chi connectivity index (χ0) is 27.1. The second kappa shape index (κ2) is 10.5. The molecule has 6 N–H and O–H groups in total. The standard InChI is InChI=1S/C10H5Br2N3O6.C8H5Br2N3O2/c11-3-1-4-7(8(6(3)12)15(20)21)14(2-5(16)17)10(19)9(18)13-4;9-2-1-3-6(5(11)4(2)10)13-8(15)7(14)12-3/h1H,2H2,(H,13,18)(H,16,17);1H,11H2,(H,12,14)(H,13,15). The van der Waals surface area contributed by atoms with Gasteiger partial charge in [0, 0.05) is 8.95 Å². The summed E-state index contributed by atoms with van der Waals surface area (Å²) in [5.74, 6) is -1.41. The van der Waals surface area contributed by atoms with Crippen molar-refractivity contribution in [2.24, 2.45) is 0 Å². The number of nitro benzene ring substituents is 1. The number of nitrogens with zero attached hydrogens (tertiary/aromatic N) is 2. The van der Waals surface area contributed by atoms with Gasteiger partial charge in [-0.1, -0.05) is 0 Å². The van der Waals surface area contributed by atoms with E-state index in [1.54, 1.807) is 6.07 Å². The van der Waals surface area contributed by atoms with Gasteiger partial charge in [0.05, 0.1) is 31.6 Å². The molecule has 2 heterocycles. The first kappa shape index (κ1) is 27.5. The van der Waals surface area contributed by atoms with E-state index in [-0.39, 0.29) is 20.0 Å². The fraction of sp³-hybridized carbons (Fsp3) is 0.0556. The molecule has 18 heteroatoms. The number of hydrogen-bond acceptors (Lipinski definition) is 8. The number of aromatic amines is 3. The molecule has 0 saturated heterocycles. The van der Waals surface area contributed by atoms with Crippen LogP contribution >= 0.6 is 63.7 Å². The molecule has 4 aromatic rings. The number of aromatic nitrogens is 4. The number of aliphatic carboxylic acids is 1. The molecule has 0 bridgehead atoms. The number of anilines is 1. The van der Waals surface area contributed by atoms with E-state index < -0.39 is 45.4 Å². The SMILES string of the molecule is Nc1c(Br)c(Br)cc2[nH]c(=O)c(=O)[nH]c12.O=C(O)Cn1c(=O)c(=O)[nH]c2cc(Br)c(Br)c([N+](=O)[O-])c21. The van der Waals surface area contributed by atoms with Crippen molar-refractivity contribution in [3.63, 3.8) is 0 Å². The number of fused-ring (bicyclic) bond motifs is 2. The predicted molar refractivity (Wildman–Crippen MR) is 144 cm³/mol. The van der Waals surface area contributed by atoms with Gasteiger partial charge in [-0.15, -0.1) is 0 Å². The Bertz CT molecular complexity index is 1820. The third kappa shape index (κ3) is 5.20. The number of carbonyl (C=O) groups is 1. The normalized spacial score (nSPS) is 10.8. The molecule has 0 aliphatic carbocycles. The third-order valence-corrected chi connectivity index (χ3v) is 8.52. The van der Waals surface area contributed by atoms with Crippen LogP contribution in [0.5, 0.6) is 0 Å². The average Bonchev–Trinajstić information content (AvgIpc) is 2.78. The number of carboxylic acid groups (broad SMARTS) is 1. The number of nitro groups is 1. The van der Waals surface area contributed by atoms with Crippen LogP contribution in [-0.4, -0.2) is 35.5 Å². The third-order valence-electron chi connectivity index (χ3n) is 4.55. The van der Waals surface area contributed by atoms with Crippen LogP contribution in [0.25, 0.3) is 22.1 Å². The summed E-state index contributed by atoms with van der Waals surface area (Å²) in [6.07, 6.45) is 0. The van der Waals surface area contributed by atoms with Gasteiger partial charge >= 0.3 is 33.9 Å². The van der Waals surface area contributed by atoms with E-state index in [1.807, 2.05) is 0 Å². The Morgan fingerprint density at radius 1 is 0.944 bits per heavy atom. The highest BCUT2D eigenvalue weighted by atomic mass is 79.9. The maximum atomic E-state index is 11.8. The summed E-state index contributed by atoms with van der Waals surface area (Å²) >= 11 is 12.6. The minimum Gasteiger partial charge on any atom is -0.480 e. The molecule has 4 rings (SSSR count). The van der Waals surface area contributed by atoms with E-state index in [9.17, 15) is 34.1 Å². The van der Waals surface area contributed by atoms with Gasteiger partial charge in [0.1, 0.15) is 16.5 Å². The first-order valence-electron chi connectivity index (χ1n) is 9.15. The van der Waals surface area contributed by atoms with Crippen LogP contribution in [0.15, 0.2) is 49.2 Å². The predicted octanol–water partition coefficient (Wildman–Crippen LogP) is 2.53. The Balaban J connectivity index is 0.000000212. The van der Waals surface area contributed by atoms with Crippen molar-refractivity contribution in [2.75, 3.05) is 5.73 Å². The van der Waals surface area contributed by atoms with Crippen molar-refractivity contribution in [3.8, 4) is 0 Å². The number of halogens is 4. The Morgan fingerprint density at radius 2 is 1.47 bits per heavy atom. The second-order valence-electron chi connectivity index (χ2n) is 6.83. The number of nitrogens with two attached hydrogens (primary N) is 1. The highest BCUT2D eigenvalue weighted by Gasteiger charge is 2.25.